The molecule has 0 saturated heterocycles. The number of benzene rings is 2. The summed E-state index contributed by atoms with van der Waals surface area (Å²) < 4.78 is 42.3. The zero-order valence-electron chi connectivity index (χ0n) is 16.3. The van der Waals surface area contributed by atoms with Crippen molar-refractivity contribution < 1.29 is 31.9 Å². The summed E-state index contributed by atoms with van der Waals surface area (Å²) in [6.07, 6.45) is 1.44. The third kappa shape index (κ3) is 4.24. The van der Waals surface area contributed by atoms with E-state index in [2.05, 4.69) is 5.32 Å². The van der Waals surface area contributed by atoms with Gasteiger partial charge in [0.2, 0.25) is 0 Å². The topological polar surface area (TPSA) is 110 Å². The van der Waals surface area contributed by atoms with E-state index in [4.69, 9.17) is 4.74 Å². The predicted molar refractivity (Wildman–Crippen MR) is 106 cm³/mol. The number of methoxy groups -OCH3 is 1. The lowest BCUT2D eigenvalue weighted by Crippen LogP contribution is -2.31. The molecule has 1 heterocycles. The summed E-state index contributed by atoms with van der Waals surface area (Å²) in [4.78, 5) is 38.4. The highest BCUT2D eigenvalue weighted by atomic mass is 32.2. The fraction of sp³-hybridized carbons (Fsp3) is 0.250. The summed E-state index contributed by atoms with van der Waals surface area (Å²) >= 11 is 0. The number of hydrogen-bond donors (Lipinski definition) is 1. The highest BCUT2D eigenvalue weighted by Gasteiger charge is 2.35. The summed E-state index contributed by atoms with van der Waals surface area (Å²) in [5, 5.41) is 2.30. The molecule has 30 heavy (non-hydrogen) atoms. The molecule has 0 aromatic heterocycles. The first-order valence-electron chi connectivity index (χ1n) is 8.93. The van der Waals surface area contributed by atoms with E-state index in [1.54, 1.807) is 0 Å². The molecule has 2 aromatic rings. The smallest absolute Gasteiger partial charge is 0.261 e. The van der Waals surface area contributed by atoms with Crippen LogP contribution in [0.3, 0.4) is 0 Å². The second kappa shape index (κ2) is 8.33. The van der Waals surface area contributed by atoms with Gasteiger partial charge in [0.05, 0.1) is 21.7 Å². The van der Waals surface area contributed by atoms with Crippen LogP contribution in [0.2, 0.25) is 0 Å². The molecule has 0 aliphatic carbocycles. The van der Waals surface area contributed by atoms with Crippen molar-refractivity contribution in [1.29, 1.82) is 0 Å². The molecule has 0 saturated carbocycles. The van der Waals surface area contributed by atoms with Gasteiger partial charge in [-0.05, 0) is 42.8 Å². The number of nitrogens with zero attached hydrogens (tertiary/aromatic N) is 1. The highest BCUT2D eigenvalue weighted by molar-refractivity contribution is 7.90. The van der Waals surface area contributed by atoms with Gasteiger partial charge in [0.25, 0.3) is 17.7 Å². The van der Waals surface area contributed by atoms with Gasteiger partial charge in [0.15, 0.2) is 9.84 Å². The van der Waals surface area contributed by atoms with Crippen molar-refractivity contribution >= 4 is 33.2 Å². The molecule has 8 nitrogen and oxygen atoms in total. The summed E-state index contributed by atoms with van der Waals surface area (Å²) in [6, 6.07) is 7.02. The minimum absolute atomic E-state index is 0.0257. The minimum atomic E-state index is -3.59. The van der Waals surface area contributed by atoms with Gasteiger partial charge < -0.3 is 10.1 Å². The SMILES string of the molecule is COCCCN1C(=O)c2ccc(C(=O)Nc3cc(S(C)(=O)=O)ccc3F)cc2C1=O. The van der Waals surface area contributed by atoms with Gasteiger partial charge in [-0.15, -0.1) is 0 Å². The zero-order chi connectivity index (χ0) is 22.1. The minimum Gasteiger partial charge on any atom is -0.385 e. The van der Waals surface area contributed by atoms with Crippen LogP contribution in [-0.2, 0) is 14.6 Å². The number of carbonyl (C=O) groups excluding carboxylic acids is 3. The van der Waals surface area contributed by atoms with Gasteiger partial charge in [-0.25, -0.2) is 12.8 Å². The number of imide groups is 1. The summed E-state index contributed by atoms with van der Waals surface area (Å²) in [6.45, 7) is 0.574. The van der Waals surface area contributed by atoms with E-state index in [1.807, 2.05) is 0 Å². The molecule has 3 amide bonds. The maximum atomic E-state index is 14.0. The third-order valence-electron chi connectivity index (χ3n) is 4.58. The highest BCUT2D eigenvalue weighted by Crippen LogP contribution is 2.25. The van der Waals surface area contributed by atoms with Crippen LogP contribution in [-0.4, -0.2) is 57.6 Å². The average molecular weight is 434 g/mol. The van der Waals surface area contributed by atoms with Crippen LogP contribution in [0.5, 0.6) is 0 Å². The summed E-state index contributed by atoms with van der Waals surface area (Å²) in [5.74, 6) is -2.54. The van der Waals surface area contributed by atoms with Crippen molar-refractivity contribution in [1.82, 2.24) is 4.90 Å². The van der Waals surface area contributed by atoms with Crippen LogP contribution in [0.25, 0.3) is 0 Å². The molecule has 0 radical (unpaired) electrons. The van der Waals surface area contributed by atoms with Gasteiger partial charge in [-0.3, -0.25) is 19.3 Å². The Bertz CT molecular complexity index is 1150. The van der Waals surface area contributed by atoms with Gasteiger partial charge >= 0.3 is 0 Å². The van der Waals surface area contributed by atoms with E-state index in [0.29, 0.717) is 13.0 Å². The molecule has 0 fully saturated rings. The van der Waals surface area contributed by atoms with Gasteiger partial charge in [0, 0.05) is 32.1 Å². The number of sulfone groups is 1. The normalized spacial score (nSPS) is 13.5. The molecule has 1 aliphatic rings. The van der Waals surface area contributed by atoms with E-state index in [1.165, 1.54) is 25.3 Å². The summed E-state index contributed by atoms with van der Waals surface area (Å²) in [5.41, 5.74) is -0.0283. The van der Waals surface area contributed by atoms with Crippen LogP contribution >= 0.6 is 0 Å². The molecule has 158 valence electrons. The maximum absolute atomic E-state index is 14.0. The third-order valence-corrected chi connectivity index (χ3v) is 5.69. The largest absolute Gasteiger partial charge is 0.385 e. The number of ether oxygens (including phenoxy) is 1. The Morgan fingerprint density at radius 1 is 1.10 bits per heavy atom. The molecule has 0 atom stereocenters. The van der Waals surface area contributed by atoms with Crippen molar-refractivity contribution in [2.24, 2.45) is 0 Å². The number of hydrogen-bond acceptors (Lipinski definition) is 6. The first-order valence-corrected chi connectivity index (χ1v) is 10.8. The predicted octanol–water partition coefficient (Wildman–Crippen LogP) is 2.11. The molecule has 3 rings (SSSR count). The van der Waals surface area contributed by atoms with Crippen molar-refractivity contribution in [3.8, 4) is 0 Å². The lowest BCUT2D eigenvalue weighted by molar-refractivity contribution is 0.0638. The molecular formula is C20H19FN2O6S. The Balaban J connectivity index is 1.84. The molecule has 2 aromatic carbocycles. The van der Waals surface area contributed by atoms with Gasteiger partial charge in [-0.1, -0.05) is 0 Å². The van der Waals surface area contributed by atoms with Crippen LogP contribution in [0.15, 0.2) is 41.3 Å². The first kappa shape index (κ1) is 21.6. The fourth-order valence-electron chi connectivity index (χ4n) is 3.03. The molecule has 1 N–H and O–H groups in total. The van der Waals surface area contributed by atoms with E-state index in [0.717, 1.165) is 29.4 Å². The lowest BCUT2D eigenvalue weighted by Gasteiger charge is -2.12. The standard InChI is InChI=1S/C20H19FN2O6S/c1-29-9-3-8-23-19(25)14-6-4-12(10-15(14)20(23)26)18(24)22-17-11-13(30(2,27)28)5-7-16(17)21/h4-7,10-11H,3,8-9H2,1-2H3,(H,22,24). The second-order valence-corrected chi connectivity index (χ2v) is 8.75. The van der Waals surface area contributed by atoms with Crippen molar-refractivity contribution in [2.45, 2.75) is 11.3 Å². The molecule has 0 unspecified atom stereocenters. The Hall–Kier alpha value is -3.11. The number of nitrogens with one attached hydrogen (secondary N) is 1. The van der Waals surface area contributed by atoms with Gasteiger partial charge in [0.1, 0.15) is 5.82 Å². The van der Waals surface area contributed by atoms with E-state index in [-0.39, 0.29) is 33.8 Å². The number of carbonyl (C=O) groups is 3. The average Bonchev–Trinajstić information content (AvgIpc) is 2.93. The fourth-order valence-corrected chi connectivity index (χ4v) is 3.67. The number of halogens is 1. The van der Waals surface area contributed by atoms with Crippen molar-refractivity contribution in [2.75, 3.05) is 31.8 Å². The summed E-state index contributed by atoms with van der Waals surface area (Å²) in [7, 11) is -2.08. The molecular weight excluding hydrogens is 415 g/mol. The number of rotatable bonds is 7. The van der Waals surface area contributed by atoms with Crippen LogP contribution < -0.4 is 5.32 Å². The number of amides is 3. The molecule has 10 heteroatoms. The van der Waals surface area contributed by atoms with Crippen molar-refractivity contribution in [3.63, 3.8) is 0 Å². The Morgan fingerprint density at radius 2 is 1.80 bits per heavy atom. The van der Waals surface area contributed by atoms with Crippen LogP contribution in [0, 0.1) is 5.82 Å². The molecule has 1 aliphatic heterocycles. The molecule has 0 spiro atoms. The number of fused-ring (bicyclic) bond motifs is 1. The maximum Gasteiger partial charge on any atom is 0.261 e. The van der Waals surface area contributed by atoms with Crippen molar-refractivity contribution in [3.05, 3.63) is 58.9 Å². The van der Waals surface area contributed by atoms with Crippen LogP contribution in [0.1, 0.15) is 37.5 Å². The van der Waals surface area contributed by atoms with E-state index < -0.39 is 33.4 Å². The van der Waals surface area contributed by atoms with E-state index >= 15 is 0 Å². The zero-order valence-corrected chi connectivity index (χ0v) is 17.1. The monoisotopic (exact) mass is 434 g/mol. The lowest BCUT2D eigenvalue weighted by atomic mass is 10.1. The Morgan fingerprint density at radius 3 is 2.47 bits per heavy atom. The molecule has 0 bridgehead atoms. The number of anilines is 1. The quantitative estimate of drug-likeness (QED) is 0.406. The Kier molecular flexibility index (Phi) is 5.99. The van der Waals surface area contributed by atoms with Crippen LogP contribution in [0.4, 0.5) is 10.1 Å². The Labute approximate surface area is 172 Å². The van der Waals surface area contributed by atoms with E-state index in [9.17, 15) is 27.2 Å². The first-order chi connectivity index (χ1) is 14.1. The second-order valence-electron chi connectivity index (χ2n) is 6.74. The van der Waals surface area contributed by atoms with Gasteiger partial charge in [-0.2, -0.15) is 0 Å².